The molecule has 0 aliphatic carbocycles. The maximum atomic E-state index is 8.73. The Morgan fingerprint density at radius 3 is 3.07 bits per heavy atom. The summed E-state index contributed by atoms with van der Waals surface area (Å²) in [5.74, 6) is 1.78. The number of pyridine rings is 1. The van der Waals surface area contributed by atoms with Crippen LogP contribution in [0.3, 0.4) is 0 Å². The second-order valence-corrected chi connectivity index (χ2v) is 4.32. The minimum absolute atomic E-state index is 0.349. The molecule has 0 aromatic carbocycles. The lowest BCUT2D eigenvalue weighted by Crippen LogP contribution is -2.04. The van der Waals surface area contributed by atoms with Gasteiger partial charge in [-0.25, -0.2) is 4.98 Å². The Kier molecular flexibility index (Phi) is 5.30. The van der Waals surface area contributed by atoms with Crippen LogP contribution < -0.4 is 5.32 Å². The Morgan fingerprint density at radius 1 is 1.60 bits per heavy atom. The van der Waals surface area contributed by atoms with Crippen molar-refractivity contribution in [2.24, 2.45) is 0 Å². The smallest absolute Gasteiger partial charge is 0.132 e. The second kappa shape index (κ2) is 6.54. The topological polar surface area (TPSA) is 48.7 Å². The fourth-order valence-electron chi connectivity index (χ4n) is 1.08. The molecule has 15 heavy (non-hydrogen) atoms. The molecule has 1 rings (SSSR count). The van der Waals surface area contributed by atoms with Gasteiger partial charge in [-0.1, -0.05) is 11.6 Å². The van der Waals surface area contributed by atoms with E-state index in [2.05, 4.69) is 16.6 Å². The van der Waals surface area contributed by atoms with Crippen molar-refractivity contribution in [1.29, 1.82) is 5.26 Å². The van der Waals surface area contributed by atoms with Crippen LogP contribution in [0.2, 0.25) is 5.15 Å². The lowest BCUT2D eigenvalue weighted by atomic mass is 10.3. The molecule has 0 radical (unpaired) electrons. The van der Waals surface area contributed by atoms with Crippen LogP contribution in [0.1, 0.15) is 12.0 Å². The van der Waals surface area contributed by atoms with Crippen LogP contribution in [0, 0.1) is 11.3 Å². The maximum Gasteiger partial charge on any atom is 0.132 e. The fraction of sp³-hybridized carbons (Fsp3) is 0.400. The van der Waals surface area contributed by atoms with Crippen LogP contribution in [0.5, 0.6) is 0 Å². The highest BCUT2D eigenvalue weighted by molar-refractivity contribution is 7.98. The number of aromatic nitrogens is 1. The first kappa shape index (κ1) is 12.2. The molecule has 0 bridgehead atoms. The molecule has 0 amide bonds. The SMILES string of the molecule is CSCCCNc1cc(C#N)cc(Cl)n1. The number of thioether (sulfide) groups is 1. The molecular formula is C10H12ClN3S. The molecule has 1 aromatic heterocycles. The molecule has 0 saturated heterocycles. The monoisotopic (exact) mass is 241 g/mol. The van der Waals surface area contributed by atoms with E-state index in [0.29, 0.717) is 16.5 Å². The highest BCUT2D eigenvalue weighted by atomic mass is 35.5. The third-order valence-corrected chi connectivity index (χ3v) is 2.65. The van der Waals surface area contributed by atoms with Gasteiger partial charge < -0.3 is 5.32 Å². The minimum Gasteiger partial charge on any atom is -0.370 e. The van der Waals surface area contributed by atoms with E-state index in [9.17, 15) is 0 Å². The number of anilines is 1. The van der Waals surface area contributed by atoms with Crippen LogP contribution >= 0.6 is 23.4 Å². The Morgan fingerprint density at radius 2 is 2.40 bits per heavy atom. The van der Waals surface area contributed by atoms with Gasteiger partial charge in [-0.2, -0.15) is 17.0 Å². The number of hydrogen-bond donors (Lipinski definition) is 1. The van der Waals surface area contributed by atoms with E-state index in [1.165, 1.54) is 0 Å². The van der Waals surface area contributed by atoms with Crippen molar-refractivity contribution in [3.8, 4) is 6.07 Å². The summed E-state index contributed by atoms with van der Waals surface area (Å²) in [5.41, 5.74) is 0.530. The molecule has 1 heterocycles. The average molecular weight is 242 g/mol. The largest absolute Gasteiger partial charge is 0.370 e. The third-order valence-electron chi connectivity index (χ3n) is 1.75. The van der Waals surface area contributed by atoms with Crippen molar-refractivity contribution in [2.75, 3.05) is 23.9 Å². The van der Waals surface area contributed by atoms with Gasteiger partial charge in [-0.15, -0.1) is 0 Å². The summed E-state index contributed by atoms with van der Waals surface area (Å²) in [6.45, 7) is 0.846. The summed E-state index contributed by atoms with van der Waals surface area (Å²) in [5, 5.41) is 12.2. The lowest BCUT2D eigenvalue weighted by molar-refractivity contribution is 0.981. The van der Waals surface area contributed by atoms with Crippen molar-refractivity contribution in [2.45, 2.75) is 6.42 Å². The third kappa shape index (κ3) is 4.41. The summed E-state index contributed by atoms with van der Waals surface area (Å²) >= 11 is 7.57. The van der Waals surface area contributed by atoms with Gasteiger partial charge in [0.25, 0.3) is 0 Å². The van der Waals surface area contributed by atoms with Crippen LogP contribution in [0.15, 0.2) is 12.1 Å². The second-order valence-electron chi connectivity index (χ2n) is 2.95. The average Bonchev–Trinajstić information content (AvgIpc) is 2.23. The van der Waals surface area contributed by atoms with Crippen LogP contribution in [-0.4, -0.2) is 23.5 Å². The predicted molar refractivity (Wildman–Crippen MR) is 65.5 cm³/mol. The fourth-order valence-corrected chi connectivity index (χ4v) is 1.73. The number of nitriles is 1. The molecule has 1 aromatic rings. The molecule has 0 spiro atoms. The van der Waals surface area contributed by atoms with Gasteiger partial charge in [-0.3, -0.25) is 0 Å². The van der Waals surface area contributed by atoms with Crippen molar-refractivity contribution >= 4 is 29.2 Å². The highest BCUT2D eigenvalue weighted by Crippen LogP contribution is 2.13. The summed E-state index contributed by atoms with van der Waals surface area (Å²) in [6, 6.07) is 5.29. The van der Waals surface area contributed by atoms with E-state index in [0.717, 1.165) is 18.7 Å². The van der Waals surface area contributed by atoms with Crippen LogP contribution in [-0.2, 0) is 0 Å². The summed E-state index contributed by atoms with van der Waals surface area (Å²) in [7, 11) is 0. The predicted octanol–water partition coefficient (Wildman–Crippen LogP) is 2.77. The zero-order valence-electron chi connectivity index (χ0n) is 8.46. The Bertz CT molecular complexity index is 362. The van der Waals surface area contributed by atoms with E-state index < -0.39 is 0 Å². The Hall–Kier alpha value is -0.920. The normalized spacial score (nSPS) is 9.67. The van der Waals surface area contributed by atoms with Crippen molar-refractivity contribution in [1.82, 2.24) is 4.98 Å². The van der Waals surface area contributed by atoms with Crippen molar-refractivity contribution in [3.05, 3.63) is 22.8 Å². The first-order valence-electron chi connectivity index (χ1n) is 4.56. The van der Waals surface area contributed by atoms with Gasteiger partial charge >= 0.3 is 0 Å². The van der Waals surface area contributed by atoms with Crippen molar-refractivity contribution in [3.63, 3.8) is 0 Å². The van der Waals surface area contributed by atoms with Crippen LogP contribution in [0.25, 0.3) is 0 Å². The summed E-state index contributed by atoms with van der Waals surface area (Å²) < 4.78 is 0. The molecule has 1 N–H and O–H groups in total. The molecule has 0 saturated carbocycles. The van der Waals surface area contributed by atoms with E-state index >= 15 is 0 Å². The lowest BCUT2D eigenvalue weighted by Gasteiger charge is -2.05. The number of nitrogens with one attached hydrogen (secondary N) is 1. The molecule has 0 fully saturated rings. The molecule has 5 heteroatoms. The molecular weight excluding hydrogens is 230 g/mol. The molecule has 3 nitrogen and oxygen atoms in total. The van der Waals surface area contributed by atoms with Gasteiger partial charge in [-0.05, 0) is 30.6 Å². The van der Waals surface area contributed by atoms with Gasteiger partial charge in [0.2, 0.25) is 0 Å². The van der Waals surface area contributed by atoms with Gasteiger partial charge in [0.15, 0.2) is 0 Å². The molecule has 0 aliphatic heterocycles. The van der Waals surface area contributed by atoms with E-state index in [1.807, 2.05) is 17.8 Å². The van der Waals surface area contributed by atoms with Gasteiger partial charge in [0.05, 0.1) is 11.6 Å². The zero-order valence-corrected chi connectivity index (χ0v) is 10.0. The minimum atomic E-state index is 0.349. The Labute approximate surface area is 98.8 Å². The first-order chi connectivity index (χ1) is 7.26. The van der Waals surface area contributed by atoms with Crippen LogP contribution in [0.4, 0.5) is 5.82 Å². The number of halogens is 1. The maximum absolute atomic E-state index is 8.73. The zero-order chi connectivity index (χ0) is 11.1. The first-order valence-corrected chi connectivity index (χ1v) is 6.34. The molecule has 0 atom stereocenters. The van der Waals surface area contributed by atoms with E-state index in [-0.39, 0.29) is 0 Å². The quantitative estimate of drug-likeness (QED) is 0.636. The van der Waals surface area contributed by atoms with Gasteiger partial charge in [0, 0.05) is 6.54 Å². The summed E-state index contributed by atoms with van der Waals surface area (Å²) in [6.07, 6.45) is 3.14. The van der Waals surface area contributed by atoms with Crippen molar-refractivity contribution < 1.29 is 0 Å². The highest BCUT2D eigenvalue weighted by Gasteiger charge is 1.99. The Balaban J connectivity index is 2.54. The molecule has 0 aliphatic rings. The molecule has 0 unspecified atom stereocenters. The van der Waals surface area contributed by atoms with E-state index in [4.69, 9.17) is 16.9 Å². The molecule has 80 valence electrons. The standard InChI is InChI=1S/C10H12ClN3S/c1-15-4-2-3-13-10-6-8(7-12)5-9(11)14-10/h5-6H,2-4H2,1H3,(H,13,14). The number of hydrogen-bond acceptors (Lipinski definition) is 4. The number of rotatable bonds is 5. The number of nitrogens with zero attached hydrogens (tertiary/aromatic N) is 2. The van der Waals surface area contributed by atoms with E-state index in [1.54, 1.807) is 12.1 Å². The summed E-state index contributed by atoms with van der Waals surface area (Å²) in [4.78, 5) is 4.08. The van der Waals surface area contributed by atoms with Gasteiger partial charge in [0.1, 0.15) is 11.0 Å².